The summed E-state index contributed by atoms with van der Waals surface area (Å²) in [5.74, 6) is 0.529. The first-order chi connectivity index (χ1) is 13.2. The van der Waals surface area contributed by atoms with Crippen molar-refractivity contribution in [3.8, 4) is 17.1 Å². The van der Waals surface area contributed by atoms with Gasteiger partial charge in [0.2, 0.25) is 5.88 Å². The number of benzene rings is 1. The first kappa shape index (κ1) is 18.8. The molecule has 2 aromatic heterocycles. The molecule has 8 heteroatoms. The molecule has 1 N–H and O–H groups in total. The van der Waals surface area contributed by atoms with E-state index in [2.05, 4.69) is 20.4 Å². The highest BCUT2D eigenvalue weighted by Crippen LogP contribution is 2.32. The SMILES string of the molecule is CCOCCCNC(=O)COc1nc(C)nc2onc(-c3ccccc3)c12. The number of rotatable bonds is 9. The van der Waals surface area contributed by atoms with Crippen molar-refractivity contribution < 1.29 is 18.8 Å². The minimum absolute atomic E-state index is 0.153. The fraction of sp³-hybridized carbons (Fsp3) is 0.368. The van der Waals surface area contributed by atoms with E-state index in [4.69, 9.17) is 14.0 Å². The summed E-state index contributed by atoms with van der Waals surface area (Å²) in [7, 11) is 0. The average molecular weight is 370 g/mol. The van der Waals surface area contributed by atoms with Crippen LogP contribution in [0.1, 0.15) is 19.2 Å². The summed E-state index contributed by atoms with van der Waals surface area (Å²) in [6.45, 7) is 5.33. The Hall–Kier alpha value is -3.00. The predicted molar refractivity (Wildman–Crippen MR) is 99.4 cm³/mol. The highest BCUT2D eigenvalue weighted by Gasteiger charge is 2.19. The molecule has 3 aromatic rings. The number of hydrogen-bond donors (Lipinski definition) is 1. The van der Waals surface area contributed by atoms with Gasteiger partial charge in [0.05, 0.1) is 0 Å². The second kappa shape index (κ2) is 9.09. The molecule has 27 heavy (non-hydrogen) atoms. The number of amides is 1. The maximum atomic E-state index is 12.0. The molecule has 0 spiro atoms. The lowest BCUT2D eigenvalue weighted by Crippen LogP contribution is -2.30. The van der Waals surface area contributed by atoms with Crippen molar-refractivity contribution in [1.82, 2.24) is 20.4 Å². The number of carbonyl (C=O) groups is 1. The molecule has 0 bridgehead atoms. The lowest BCUT2D eigenvalue weighted by atomic mass is 10.1. The van der Waals surface area contributed by atoms with Gasteiger partial charge in [0.1, 0.15) is 16.9 Å². The summed E-state index contributed by atoms with van der Waals surface area (Å²) >= 11 is 0. The predicted octanol–water partition coefficient (Wildman–Crippen LogP) is 2.51. The molecule has 0 fully saturated rings. The van der Waals surface area contributed by atoms with Crippen LogP contribution in [-0.4, -0.2) is 47.4 Å². The zero-order valence-electron chi connectivity index (χ0n) is 15.4. The van der Waals surface area contributed by atoms with Crippen LogP contribution in [0.5, 0.6) is 5.88 Å². The molecule has 0 aliphatic rings. The molecule has 2 heterocycles. The van der Waals surface area contributed by atoms with Gasteiger partial charge in [-0.1, -0.05) is 35.5 Å². The standard InChI is InChI=1S/C19H22N4O4/c1-3-25-11-7-10-20-15(24)12-26-18-16-17(14-8-5-4-6-9-14)23-27-19(16)22-13(2)21-18/h4-6,8-9H,3,7,10-12H2,1-2H3,(H,20,24). The van der Waals surface area contributed by atoms with Gasteiger partial charge in [-0.15, -0.1) is 0 Å². The van der Waals surface area contributed by atoms with Crippen LogP contribution >= 0.6 is 0 Å². The minimum atomic E-state index is -0.228. The molecule has 142 valence electrons. The van der Waals surface area contributed by atoms with Gasteiger partial charge in [-0.05, 0) is 20.3 Å². The maximum Gasteiger partial charge on any atom is 0.265 e. The van der Waals surface area contributed by atoms with E-state index < -0.39 is 0 Å². The Morgan fingerprint density at radius 1 is 1.22 bits per heavy atom. The van der Waals surface area contributed by atoms with Crippen molar-refractivity contribution in [3.63, 3.8) is 0 Å². The van der Waals surface area contributed by atoms with Crippen molar-refractivity contribution in [3.05, 3.63) is 36.2 Å². The van der Waals surface area contributed by atoms with Crippen LogP contribution in [0.25, 0.3) is 22.4 Å². The molecule has 8 nitrogen and oxygen atoms in total. The molecule has 0 aliphatic heterocycles. The molecule has 3 rings (SSSR count). The van der Waals surface area contributed by atoms with Gasteiger partial charge < -0.3 is 19.3 Å². The maximum absolute atomic E-state index is 12.0. The Kier molecular flexibility index (Phi) is 6.32. The van der Waals surface area contributed by atoms with E-state index in [1.165, 1.54) is 0 Å². The van der Waals surface area contributed by atoms with E-state index in [9.17, 15) is 4.79 Å². The lowest BCUT2D eigenvalue weighted by molar-refractivity contribution is -0.123. The zero-order valence-corrected chi connectivity index (χ0v) is 15.4. The zero-order chi connectivity index (χ0) is 19.1. The van der Waals surface area contributed by atoms with Gasteiger partial charge in [0, 0.05) is 25.3 Å². The lowest BCUT2D eigenvalue weighted by Gasteiger charge is -2.08. The second-order valence-corrected chi connectivity index (χ2v) is 5.84. The Balaban J connectivity index is 1.72. The quantitative estimate of drug-likeness (QED) is 0.578. The summed E-state index contributed by atoms with van der Waals surface area (Å²) < 4.78 is 16.2. The van der Waals surface area contributed by atoms with Crippen LogP contribution in [0.3, 0.4) is 0 Å². The van der Waals surface area contributed by atoms with Crippen LogP contribution < -0.4 is 10.1 Å². The topological polar surface area (TPSA) is 99.4 Å². The Morgan fingerprint density at radius 3 is 2.81 bits per heavy atom. The van der Waals surface area contributed by atoms with Crippen molar-refractivity contribution in [2.24, 2.45) is 0 Å². The number of hydrogen-bond acceptors (Lipinski definition) is 7. The molecular formula is C19H22N4O4. The molecule has 0 radical (unpaired) electrons. The molecule has 1 amide bonds. The molecule has 0 unspecified atom stereocenters. The largest absolute Gasteiger partial charge is 0.467 e. The Bertz CT molecular complexity index is 895. The van der Waals surface area contributed by atoms with Crippen LogP contribution in [0.2, 0.25) is 0 Å². The van der Waals surface area contributed by atoms with Gasteiger partial charge in [0.25, 0.3) is 11.6 Å². The number of aryl methyl sites for hydroxylation is 1. The molecule has 0 saturated heterocycles. The van der Waals surface area contributed by atoms with Crippen molar-refractivity contribution in [2.75, 3.05) is 26.4 Å². The van der Waals surface area contributed by atoms with Crippen LogP contribution in [0.4, 0.5) is 0 Å². The second-order valence-electron chi connectivity index (χ2n) is 5.84. The molecule has 0 atom stereocenters. The Morgan fingerprint density at radius 2 is 2.04 bits per heavy atom. The smallest absolute Gasteiger partial charge is 0.265 e. The summed E-state index contributed by atoms with van der Waals surface area (Å²) in [5, 5.41) is 7.44. The first-order valence-corrected chi connectivity index (χ1v) is 8.85. The summed E-state index contributed by atoms with van der Waals surface area (Å²) in [5.41, 5.74) is 1.76. The summed E-state index contributed by atoms with van der Waals surface area (Å²) in [4.78, 5) is 20.6. The Labute approximate surface area is 156 Å². The third-order valence-electron chi connectivity index (χ3n) is 3.79. The number of nitrogens with zero attached hydrogens (tertiary/aromatic N) is 3. The van der Waals surface area contributed by atoms with Gasteiger partial charge in [-0.3, -0.25) is 4.79 Å². The van der Waals surface area contributed by atoms with Crippen molar-refractivity contribution in [2.45, 2.75) is 20.3 Å². The van der Waals surface area contributed by atoms with Crippen LogP contribution in [0.15, 0.2) is 34.9 Å². The van der Waals surface area contributed by atoms with E-state index in [-0.39, 0.29) is 18.4 Å². The number of fused-ring (bicyclic) bond motifs is 1. The average Bonchev–Trinajstić information content (AvgIpc) is 3.10. The fourth-order valence-electron chi connectivity index (χ4n) is 2.55. The molecular weight excluding hydrogens is 348 g/mol. The van der Waals surface area contributed by atoms with Crippen molar-refractivity contribution in [1.29, 1.82) is 0 Å². The van der Waals surface area contributed by atoms with Crippen molar-refractivity contribution >= 4 is 17.0 Å². The molecule has 0 saturated carbocycles. The number of ether oxygens (including phenoxy) is 2. The normalized spacial score (nSPS) is 10.9. The third-order valence-corrected chi connectivity index (χ3v) is 3.79. The van der Waals surface area contributed by atoms with Crippen LogP contribution in [-0.2, 0) is 9.53 Å². The summed E-state index contributed by atoms with van der Waals surface area (Å²) in [6.07, 6.45) is 0.750. The van der Waals surface area contributed by atoms with E-state index in [0.717, 1.165) is 12.0 Å². The number of carbonyl (C=O) groups excluding carboxylic acids is 1. The first-order valence-electron chi connectivity index (χ1n) is 8.85. The van der Waals surface area contributed by atoms with E-state index in [0.29, 0.717) is 42.4 Å². The molecule has 0 aliphatic carbocycles. The van der Waals surface area contributed by atoms with Gasteiger partial charge >= 0.3 is 0 Å². The highest BCUT2D eigenvalue weighted by molar-refractivity contribution is 5.93. The number of nitrogens with one attached hydrogen (secondary N) is 1. The van der Waals surface area contributed by atoms with Gasteiger partial charge in [-0.2, -0.15) is 9.97 Å². The summed E-state index contributed by atoms with van der Waals surface area (Å²) in [6, 6.07) is 9.54. The monoisotopic (exact) mass is 370 g/mol. The van der Waals surface area contributed by atoms with E-state index >= 15 is 0 Å². The fourth-order valence-corrected chi connectivity index (χ4v) is 2.55. The van der Waals surface area contributed by atoms with Crippen LogP contribution in [0, 0.1) is 6.92 Å². The van der Waals surface area contributed by atoms with E-state index in [1.54, 1.807) is 6.92 Å². The minimum Gasteiger partial charge on any atom is -0.467 e. The third kappa shape index (κ3) is 4.79. The molecule has 1 aromatic carbocycles. The van der Waals surface area contributed by atoms with E-state index in [1.807, 2.05) is 37.3 Å². The van der Waals surface area contributed by atoms with Gasteiger partial charge in [-0.25, -0.2) is 0 Å². The highest BCUT2D eigenvalue weighted by atomic mass is 16.5. The number of aromatic nitrogens is 3. The van der Waals surface area contributed by atoms with Gasteiger partial charge in [0.15, 0.2) is 6.61 Å².